The van der Waals surface area contributed by atoms with Crippen LogP contribution in [0.5, 0.6) is 0 Å². The molecule has 16 heteroatoms. The van der Waals surface area contributed by atoms with E-state index in [4.69, 9.17) is 24.9 Å². The number of nitrogens with two attached hydrogens (primary N) is 1. The molecule has 2 aliphatic heterocycles. The number of aryl methyl sites for hydroxylation is 1. The lowest BCUT2D eigenvalue weighted by atomic mass is 9.91. The van der Waals surface area contributed by atoms with Crippen molar-refractivity contribution < 1.29 is 33.4 Å². The molecule has 0 spiro atoms. The predicted octanol–water partition coefficient (Wildman–Crippen LogP) is 3.63. The van der Waals surface area contributed by atoms with Crippen LogP contribution in [0.1, 0.15) is 82.5 Å². The Kier molecular flexibility index (Phi) is 12.7. The molecule has 1 aliphatic carbocycles. The number of aromatic amines is 1. The molecule has 0 radical (unpaired) electrons. The quantitative estimate of drug-likeness (QED) is 0.0738. The first kappa shape index (κ1) is 40.9. The van der Waals surface area contributed by atoms with Crippen LogP contribution in [0.3, 0.4) is 0 Å². The van der Waals surface area contributed by atoms with Crippen LogP contribution in [-0.4, -0.2) is 106 Å². The van der Waals surface area contributed by atoms with Crippen LogP contribution in [0.15, 0.2) is 65.8 Å². The molecule has 8 rings (SSSR count). The summed E-state index contributed by atoms with van der Waals surface area (Å²) in [5, 5.41) is 7.33. The van der Waals surface area contributed by atoms with Crippen LogP contribution in [0.25, 0.3) is 21.8 Å². The summed E-state index contributed by atoms with van der Waals surface area (Å²) in [6.07, 6.45) is 9.48. The highest BCUT2D eigenvalue weighted by molar-refractivity contribution is 6.24. The van der Waals surface area contributed by atoms with Gasteiger partial charge in [-0.1, -0.05) is 37.1 Å². The number of fused-ring (bicyclic) bond motifs is 3. The largest absolute Gasteiger partial charge is 0.379 e. The van der Waals surface area contributed by atoms with Crippen molar-refractivity contribution in [1.29, 1.82) is 0 Å². The molecule has 3 atom stereocenters. The number of rotatable bonds is 18. The van der Waals surface area contributed by atoms with Gasteiger partial charge >= 0.3 is 0 Å². The van der Waals surface area contributed by atoms with E-state index >= 15 is 0 Å². The third-order valence-corrected chi connectivity index (χ3v) is 11.6. The Hall–Kier alpha value is -5.81. The van der Waals surface area contributed by atoms with E-state index in [1.807, 2.05) is 24.4 Å². The van der Waals surface area contributed by atoms with E-state index in [1.54, 1.807) is 12.1 Å². The Morgan fingerprint density at radius 1 is 0.850 bits per heavy atom. The second-order valence-corrected chi connectivity index (χ2v) is 15.5. The van der Waals surface area contributed by atoms with E-state index in [-0.39, 0.29) is 36.0 Å². The van der Waals surface area contributed by atoms with Gasteiger partial charge in [-0.25, -0.2) is 9.97 Å². The van der Waals surface area contributed by atoms with Gasteiger partial charge in [0.1, 0.15) is 11.9 Å². The fourth-order valence-corrected chi connectivity index (χ4v) is 8.57. The number of piperidine rings is 1. The molecule has 5 aromatic rings. The van der Waals surface area contributed by atoms with Crippen molar-refractivity contribution in [2.75, 3.05) is 45.0 Å². The summed E-state index contributed by atoms with van der Waals surface area (Å²) in [4.78, 5) is 76.5. The topological polar surface area (TPSA) is 213 Å². The smallest absolute Gasteiger partial charge is 0.262 e. The molecule has 0 bridgehead atoms. The summed E-state index contributed by atoms with van der Waals surface area (Å²) in [7, 11) is 0. The summed E-state index contributed by atoms with van der Waals surface area (Å²) in [5.41, 5.74) is 10.9. The van der Waals surface area contributed by atoms with Crippen LogP contribution >= 0.6 is 0 Å². The SMILES string of the molecule is N[C@H]1CCCC[C@H]1Nc1cc2nc[nH]c(=O)c2c(Cc2cccc3c2ccn3CCOCCOCCOCCCc2cccc3c2C(=O)N(C2CCC(=O)NC2=O)C3=O)n1. The van der Waals surface area contributed by atoms with E-state index in [0.29, 0.717) is 93.4 Å². The number of carbonyl (C=O) groups excluding carboxylic acids is 4. The zero-order valence-electron chi connectivity index (χ0n) is 33.5. The lowest BCUT2D eigenvalue weighted by molar-refractivity contribution is -0.136. The molecule has 60 heavy (non-hydrogen) atoms. The van der Waals surface area contributed by atoms with Gasteiger partial charge in [0.25, 0.3) is 17.4 Å². The normalized spacial score (nSPS) is 19.4. The molecule has 5 heterocycles. The zero-order chi connectivity index (χ0) is 41.6. The molecule has 4 amide bonds. The average molecular weight is 819 g/mol. The number of H-pyrrole nitrogens is 1. The zero-order valence-corrected chi connectivity index (χ0v) is 33.5. The lowest BCUT2D eigenvalue weighted by Gasteiger charge is -2.29. The maximum absolute atomic E-state index is 13.3. The molecule has 1 saturated heterocycles. The maximum Gasteiger partial charge on any atom is 0.262 e. The van der Waals surface area contributed by atoms with Crippen molar-refractivity contribution in [2.24, 2.45) is 5.73 Å². The van der Waals surface area contributed by atoms with Gasteiger partial charge in [0.2, 0.25) is 11.8 Å². The Bertz CT molecular complexity index is 2460. The third kappa shape index (κ3) is 8.87. The lowest BCUT2D eigenvalue weighted by Crippen LogP contribution is -2.54. The van der Waals surface area contributed by atoms with E-state index in [1.165, 1.54) is 6.33 Å². The summed E-state index contributed by atoms with van der Waals surface area (Å²) in [6.45, 7) is 3.26. The van der Waals surface area contributed by atoms with Crippen molar-refractivity contribution in [2.45, 2.75) is 82.5 Å². The van der Waals surface area contributed by atoms with Crippen molar-refractivity contribution in [3.05, 3.63) is 99.4 Å². The van der Waals surface area contributed by atoms with Gasteiger partial charge < -0.3 is 34.8 Å². The third-order valence-electron chi connectivity index (χ3n) is 11.6. The number of pyridine rings is 1. The highest BCUT2D eigenvalue weighted by Gasteiger charge is 2.45. The summed E-state index contributed by atoms with van der Waals surface area (Å²) in [5.74, 6) is -1.36. The second kappa shape index (κ2) is 18.6. The Morgan fingerprint density at radius 2 is 1.62 bits per heavy atom. The number of hydrogen-bond donors (Lipinski definition) is 4. The van der Waals surface area contributed by atoms with Gasteiger partial charge in [0.05, 0.1) is 67.1 Å². The maximum atomic E-state index is 13.3. The van der Waals surface area contributed by atoms with E-state index in [0.717, 1.165) is 52.6 Å². The highest BCUT2D eigenvalue weighted by Crippen LogP contribution is 2.31. The number of anilines is 1. The molecular weight excluding hydrogens is 769 g/mol. The molecule has 314 valence electrons. The Balaban J connectivity index is 0.758. The monoisotopic (exact) mass is 818 g/mol. The second-order valence-electron chi connectivity index (χ2n) is 15.5. The van der Waals surface area contributed by atoms with E-state index < -0.39 is 29.7 Å². The standard InChI is InChI=1S/C44H50N8O8/c45-31-10-1-2-11-32(31)48-37-25-33-40(42(55)47-26-46-33)34(49-37)24-28-7-4-12-35-29(28)15-16-51(35)17-19-59-21-23-60-22-20-58-18-5-8-27-6-3-9-30-39(27)44(57)52(43(30)56)36-13-14-38(53)50-41(36)54/h3-4,6-7,9,12,15-16,25-26,31-32,36H,1-2,5,8,10-11,13-14,17-24,45H2,(H,48,49)(H,46,47,55)(H,50,53,54)/t31-,32+,36?/m0/s1. The number of ether oxygens (including phenoxy) is 3. The minimum atomic E-state index is -0.992. The van der Waals surface area contributed by atoms with Crippen molar-refractivity contribution in [3.8, 4) is 0 Å². The first-order valence-electron chi connectivity index (χ1n) is 20.8. The summed E-state index contributed by atoms with van der Waals surface area (Å²) < 4.78 is 19.5. The first-order chi connectivity index (χ1) is 29.3. The minimum Gasteiger partial charge on any atom is -0.379 e. The van der Waals surface area contributed by atoms with Crippen LogP contribution in [0, 0.1) is 0 Å². The van der Waals surface area contributed by atoms with Gasteiger partial charge in [-0.15, -0.1) is 0 Å². The number of imide groups is 2. The Labute approximate surface area is 346 Å². The minimum absolute atomic E-state index is 0.0551. The van der Waals surface area contributed by atoms with E-state index in [9.17, 15) is 24.0 Å². The van der Waals surface area contributed by atoms with Crippen LogP contribution in [0.4, 0.5) is 5.82 Å². The first-order valence-corrected chi connectivity index (χ1v) is 20.8. The number of aromatic nitrogens is 4. The number of nitrogens with one attached hydrogen (secondary N) is 3. The average Bonchev–Trinajstić information content (AvgIpc) is 3.77. The number of hydrogen-bond acceptors (Lipinski definition) is 12. The van der Waals surface area contributed by atoms with E-state index in [2.05, 4.69) is 43.4 Å². The van der Waals surface area contributed by atoms with Crippen molar-refractivity contribution >= 4 is 51.3 Å². The molecule has 1 saturated carbocycles. The van der Waals surface area contributed by atoms with Crippen LogP contribution in [-0.2, 0) is 43.2 Å². The molecule has 1 unspecified atom stereocenters. The van der Waals surface area contributed by atoms with Gasteiger partial charge in [-0.05, 0) is 61.4 Å². The highest BCUT2D eigenvalue weighted by atomic mass is 16.5. The molecule has 16 nitrogen and oxygen atoms in total. The number of amides is 4. The molecule has 5 N–H and O–H groups in total. The van der Waals surface area contributed by atoms with Gasteiger partial charge in [0, 0.05) is 61.2 Å². The van der Waals surface area contributed by atoms with Gasteiger partial charge in [-0.2, -0.15) is 0 Å². The molecular formula is C44H50N8O8. The predicted molar refractivity (Wildman–Crippen MR) is 223 cm³/mol. The molecule has 2 aromatic carbocycles. The Morgan fingerprint density at radius 3 is 2.43 bits per heavy atom. The fourth-order valence-electron chi connectivity index (χ4n) is 8.57. The summed E-state index contributed by atoms with van der Waals surface area (Å²) >= 11 is 0. The fraction of sp³-hybridized carbons (Fsp3) is 0.432. The summed E-state index contributed by atoms with van der Waals surface area (Å²) in [6, 6.07) is 14.4. The van der Waals surface area contributed by atoms with Crippen molar-refractivity contribution in [3.63, 3.8) is 0 Å². The number of benzene rings is 2. The van der Waals surface area contributed by atoms with Gasteiger partial charge in [-0.3, -0.25) is 34.2 Å². The molecule has 3 aliphatic rings. The number of carbonyl (C=O) groups is 4. The van der Waals surface area contributed by atoms with Crippen LogP contribution in [0.2, 0.25) is 0 Å². The van der Waals surface area contributed by atoms with Gasteiger partial charge in [0.15, 0.2) is 0 Å². The van der Waals surface area contributed by atoms with Crippen LogP contribution < -0.4 is 21.9 Å². The van der Waals surface area contributed by atoms with Crippen molar-refractivity contribution in [1.82, 2.24) is 29.7 Å². The molecule has 3 aromatic heterocycles. The number of nitrogens with zero attached hydrogens (tertiary/aromatic N) is 4. The molecule has 2 fully saturated rings.